The SMILES string of the molecule is COc1ccc(-c2nc(NC(=O)c3ccc(NS(=O)(=O)c4cccs4)cc3)sc2C)cc1. The third kappa shape index (κ3) is 4.82. The highest BCUT2D eigenvalue weighted by molar-refractivity contribution is 7.94. The Kier molecular flexibility index (Phi) is 6.26. The zero-order chi connectivity index (χ0) is 22.7. The summed E-state index contributed by atoms with van der Waals surface area (Å²) >= 11 is 2.52. The molecule has 4 rings (SSSR count). The van der Waals surface area contributed by atoms with E-state index < -0.39 is 10.0 Å². The summed E-state index contributed by atoms with van der Waals surface area (Å²) in [6.45, 7) is 1.95. The molecule has 164 valence electrons. The number of sulfonamides is 1. The standard InChI is InChI=1S/C22H19N3O4S3/c1-14-20(15-7-11-18(29-2)12-8-15)23-22(31-14)24-21(26)16-5-9-17(10-6-16)25-32(27,28)19-4-3-13-30-19/h3-13,25H,1-2H3,(H,23,24,26). The molecule has 2 aromatic heterocycles. The lowest BCUT2D eigenvalue weighted by atomic mass is 10.1. The fourth-order valence-electron chi connectivity index (χ4n) is 2.95. The van der Waals surface area contributed by atoms with Crippen LogP contribution in [0.5, 0.6) is 5.75 Å². The van der Waals surface area contributed by atoms with Crippen LogP contribution in [0.15, 0.2) is 70.3 Å². The van der Waals surface area contributed by atoms with Crippen LogP contribution in [0.2, 0.25) is 0 Å². The van der Waals surface area contributed by atoms with Gasteiger partial charge >= 0.3 is 0 Å². The molecule has 2 heterocycles. The van der Waals surface area contributed by atoms with Gasteiger partial charge in [-0.1, -0.05) is 6.07 Å². The summed E-state index contributed by atoms with van der Waals surface area (Å²) in [7, 11) is -2.02. The molecule has 0 aliphatic carbocycles. The van der Waals surface area contributed by atoms with Gasteiger partial charge < -0.3 is 4.74 Å². The van der Waals surface area contributed by atoms with Crippen molar-refractivity contribution >= 4 is 49.4 Å². The van der Waals surface area contributed by atoms with Crippen LogP contribution in [0.3, 0.4) is 0 Å². The van der Waals surface area contributed by atoms with Crippen molar-refractivity contribution in [3.63, 3.8) is 0 Å². The van der Waals surface area contributed by atoms with Gasteiger partial charge in [-0.05, 0) is 66.9 Å². The van der Waals surface area contributed by atoms with Gasteiger partial charge in [0.25, 0.3) is 15.9 Å². The number of methoxy groups -OCH3 is 1. The first-order valence-electron chi connectivity index (χ1n) is 9.45. The highest BCUT2D eigenvalue weighted by Crippen LogP contribution is 2.31. The normalized spacial score (nSPS) is 11.2. The molecule has 0 aliphatic rings. The number of aryl methyl sites for hydroxylation is 1. The molecule has 32 heavy (non-hydrogen) atoms. The Morgan fingerprint density at radius 1 is 1.03 bits per heavy atom. The highest BCUT2D eigenvalue weighted by atomic mass is 32.2. The molecule has 0 atom stereocenters. The minimum Gasteiger partial charge on any atom is -0.497 e. The Balaban J connectivity index is 1.45. The number of thiazole rings is 1. The van der Waals surface area contributed by atoms with Crippen LogP contribution >= 0.6 is 22.7 Å². The summed E-state index contributed by atoms with van der Waals surface area (Å²) in [5.41, 5.74) is 2.50. The first kappa shape index (κ1) is 22.0. The summed E-state index contributed by atoms with van der Waals surface area (Å²) in [6.07, 6.45) is 0. The molecule has 0 saturated heterocycles. The fourth-order valence-corrected chi connectivity index (χ4v) is 5.83. The third-order valence-electron chi connectivity index (χ3n) is 4.54. The van der Waals surface area contributed by atoms with E-state index in [1.54, 1.807) is 42.8 Å². The predicted octanol–water partition coefficient (Wildman–Crippen LogP) is 5.24. The van der Waals surface area contributed by atoms with E-state index in [0.717, 1.165) is 33.2 Å². The maximum Gasteiger partial charge on any atom is 0.271 e. The van der Waals surface area contributed by atoms with E-state index in [4.69, 9.17) is 4.74 Å². The quantitative estimate of drug-likeness (QED) is 0.373. The van der Waals surface area contributed by atoms with E-state index in [0.29, 0.717) is 16.4 Å². The number of ether oxygens (including phenoxy) is 1. The number of thiophene rings is 1. The molecule has 2 N–H and O–H groups in total. The monoisotopic (exact) mass is 485 g/mol. The van der Waals surface area contributed by atoms with E-state index in [-0.39, 0.29) is 10.1 Å². The second-order valence-corrected chi connectivity index (χ2v) is 10.8. The lowest BCUT2D eigenvalue weighted by molar-refractivity contribution is 0.102. The van der Waals surface area contributed by atoms with Gasteiger partial charge in [-0.15, -0.1) is 22.7 Å². The number of amides is 1. The second kappa shape index (κ2) is 9.11. The van der Waals surface area contributed by atoms with Gasteiger partial charge in [-0.3, -0.25) is 14.8 Å². The summed E-state index contributed by atoms with van der Waals surface area (Å²) < 4.78 is 32.5. The van der Waals surface area contributed by atoms with E-state index >= 15 is 0 Å². The van der Waals surface area contributed by atoms with Crippen LogP contribution < -0.4 is 14.8 Å². The van der Waals surface area contributed by atoms with Crippen molar-refractivity contribution in [2.75, 3.05) is 17.1 Å². The van der Waals surface area contributed by atoms with Gasteiger partial charge in [0.2, 0.25) is 0 Å². The molecule has 0 saturated carbocycles. The number of aromatic nitrogens is 1. The van der Waals surface area contributed by atoms with Gasteiger partial charge in [0.05, 0.1) is 12.8 Å². The number of carbonyl (C=O) groups is 1. The van der Waals surface area contributed by atoms with Crippen molar-refractivity contribution in [3.05, 3.63) is 76.5 Å². The summed E-state index contributed by atoms with van der Waals surface area (Å²) in [6, 6.07) is 17.0. The molecule has 0 spiro atoms. The molecule has 1 amide bonds. The molecule has 2 aromatic carbocycles. The minimum absolute atomic E-state index is 0.228. The highest BCUT2D eigenvalue weighted by Gasteiger charge is 2.16. The Bertz CT molecular complexity index is 1330. The largest absolute Gasteiger partial charge is 0.497 e. The summed E-state index contributed by atoms with van der Waals surface area (Å²) in [5, 5.41) is 4.99. The second-order valence-electron chi connectivity index (χ2n) is 6.72. The van der Waals surface area contributed by atoms with Gasteiger partial charge in [-0.25, -0.2) is 13.4 Å². The van der Waals surface area contributed by atoms with Gasteiger partial charge in [0.1, 0.15) is 9.96 Å². The molecule has 10 heteroatoms. The van der Waals surface area contributed by atoms with Crippen LogP contribution in [0, 0.1) is 6.92 Å². The maximum atomic E-state index is 12.6. The zero-order valence-corrected chi connectivity index (χ0v) is 19.6. The smallest absolute Gasteiger partial charge is 0.271 e. The molecule has 7 nitrogen and oxygen atoms in total. The van der Waals surface area contributed by atoms with Gasteiger partial charge in [-0.2, -0.15) is 0 Å². The number of nitrogens with one attached hydrogen (secondary N) is 2. The molecule has 0 radical (unpaired) electrons. The van der Waals surface area contributed by atoms with Crippen molar-refractivity contribution in [1.82, 2.24) is 4.98 Å². The maximum absolute atomic E-state index is 12.6. The van der Waals surface area contributed by atoms with E-state index in [1.807, 2.05) is 31.2 Å². The van der Waals surface area contributed by atoms with Gasteiger partial charge in [0.15, 0.2) is 5.13 Å². The molecular formula is C22H19N3O4S3. The van der Waals surface area contributed by atoms with Crippen molar-refractivity contribution in [3.8, 4) is 17.0 Å². The minimum atomic E-state index is -3.63. The number of nitrogens with zero attached hydrogens (tertiary/aromatic N) is 1. The molecule has 0 fully saturated rings. The topological polar surface area (TPSA) is 97.4 Å². The van der Waals surface area contributed by atoms with Crippen molar-refractivity contribution in [2.24, 2.45) is 0 Å². The van der Waals surface area contributed by atoms with E-state index in [1.165, 1.54) is 17.4 Å². The van der Waals surface area contributed by atoms with Crippen LogP contribution in [0.4, 0.5) is 10.8 Å². The predicted molar refractivity (Wildman–Crippen MR) is 128 cm³/mol. The number of hydrogen-bond donors (Lipinski definition) is 2. The Hall–Kier alpha value is -3.21. The number of rotatable bonds is 7. The fraction of sp³-hybridized carbons (Fsp3) is 0.0909. The summed E-state index contributed by atoms with van der Waals surface area (Å²) in [5.74, 6) is 0.434. The van der Waals surface area contributed by atoms with Crippen molar-refractivity contribution in [2.45, 2.75) is 11.1 Å². The molecular weight excluding hydrogens is 466 g/mol. The van der Waals surface area contributed by atoms with Crippen LogP contribution in [-0.2, 0) is 10.0 Å². The van der Waals surface area contributed by atoms with Gasteiger partial charge in [0, 0.05) is 21.7 Å². The van der Waals surface area contributed by atoms with Crippen molar-refractivity contribution < 1.29 is 17.9 Å². The lowest BCUT2D eigenvalue weighted by Crippen LogP contribution is -2.13. The Morgan fingerprint density at radius 2 is 1.75 bits per heavy atom. The average molecular weight is 486 g/mol. The average Bonchev–Trinajstić information content (AvgIpc) is 3.45. The molecule has 0 bridgehead atoms. The number of hydrogen-bond acceptors (Lipinski definition) is 7. The van der Waals surface area contributed by atoms with Crippen LogP contribution in [-0.4, -0.2) is 26.4 Å². The summed E-state index contributed by atoms with van der Waals surface area (Å²) in [4.78, 5) is 18.2. The molecule has 0 aliphatic heterocycles. The first-order chi connectivity index (χ1) is 15.4. The van der Waals surface area contributed by atoms with E-state index in [9.17, 15) is 13.2 Å². The van der Waals surface area contributed by atoms with Crippen LogP contribution in [0.25, 0.3) is 11.3 Å². The Labute approximate surface area is 193 Å². The molecule has 0 unspecified atom stereocenters. The Morgan fingerprint density at radius 3 is 2.38 bits per heavy atom. The number of benzene rings is 2. The number of carbonyl (C=O) groups excluding carboxylic acids is 1. The first-order valence-corrected chi connectivity index (χ1v) is 12.6. The van der Waals surface area contributed by atoms with Crippen LogP contribution in [0.1, 0.15) is 15.2 Å². The lowest BCUT2D eigenvalue weighted by Gasteiger charge is -2.07. The third-order valence-corrected chi connectivity index (χ3v) is 8.20. The number of anilines is 2. The molecule has 4 aromatic rings. The zero-order valence-electron chi connectivity index (χ0n) is 17.2. The van der Waals surface area contributed by atoms with Crippen molar-refractivity contribution in [1.29, 1.82) is 0 Å². The van der Waals surface area contributed by atoms with E-state index in [2.05, 4.69) is 15.0 Å².